The minimum Gasteiger partial charge on any atom is -0.492 e. The highest BCUT2D eigenvalue weighted by Crippen LogP contribution is 2.34. The first-order valence-corrected chi connectivity index (χ1v) is 4.86. The Bertz CT molecular complexity index is 566. The number of hydrogen-bond donors (Lipinski definition) is 1. The van der Waals surface area contributed by atoms with Crippen LogP contribution in [0.25, 0.3) is 11.0 Å². The fourth-order valence-electron chi connectivity index (χ4n) is 1.75. The molecular formula is C12H12O4. The average molecular weight is 220 g/mol. The van der Waals surface area contributed by atoms with Crippen molar-refractivity contribution < 1.29 is 19.1 Å². The van der Waals surface area contributed by atoms with Crippen molar-refractivity contribution >= 4 is 16.9 Å². The Hall–Kier alpha value is -1.97. The Labute approximate surface area is 92.4 Å². The van der Waals surface area contributed by atoms with Crippen LogP contribution in [0, 0.1) is 13.8 Å². The van der Waals surface area contributed by atoms with E-state index >= 15 is 0 Å². The molecule has 2 aromatic rings. The van der Waals surface area contributed by atoms with Gasteiger partial charge in [-0.25, -0.2) is 4.79 Å². The zero-order valence-corrected chi connectivity index (χ0v) is 9.33. The van der Waals surface area contributed by atoms with Crippen molar-refractivity contribution in [2.75, 3.05) is 7.11 Å². The molecule has 0 amide bonds. The van der Waals surface area contributed by atoms with Crippen LogP contribution in [-0.2, 0) is 0 Å². The van der Waals surface area contributed by atoms with Crippen molar-refractivity contribution in [1.82, 2.24) is 0 Å². The van der Waals surface area contributed by atoms with Gasteiger partial charge in [-0.2, -0.15) is 0 Å². The number of aryl methyl sites for hydroxylation is 2. The number of benzene rings is 1. The van der Waals surface area contributed by atoms with Gasteiger partial charge in [0.2, 0.25) is 0 Å². The quantitative estimate of drug-likeness (QED) is 0.845. The van der Waals surface area contributed by atoms with Crippen molar-refractivity contribution in [3.05, 3.63) is 29.0 Å². The smallest absolute Gasteiger partial charge is 0.339 e. The van der Waals surface area contributed by atoms with Gasteiger partial charge in [0.1, 0.15) is 11.3 Å². The van der Waals surface area contributed by atoms with E-state index in [0.717, 1.165) is 16.7 Å². The van der Waals surface area contributed by atoms with Crippen molar-refractivity contribution in [1.29, 1.82) is 0 Å². The number of aromatic carboxylic acids is 1. The lowest BCUT2D eigenvalue weighted by atomic mass is 10.1. The Kier molecular flexibility index (Phi) is 2.34. The monoisotopic (exact) mass is 220 g/mol. The maximum absolute atomic E-state index is 11.0. The maximum Gasteiger partial charge on any atom is 0.339 e. The van der Waals surface area contributed by atoms with Crippen molar-refractivity contribution in [3.63, 3.8) is 0 Å². The molecule has 1 N–H and O–H groups in total. The molecule has 0 atom stereocenters. The summed E-state index contributed by atoms with van der Waals surface area (Å²) in [6.45, 7) is 3.77. The summed E-state index contributed by atoms with van der Waals surface area (Å²) in [4.78, 5) is 11.0. The Morgan fingerprint density at radius 2 is 2.06 bits per heavy atom. The third-order valence-electron chi connectivity index (χ3n) is 2.73. The Morgan fingerprint density at radius 3 is 2.62 bits per heavy atom. The van der Waals surface area contributed by atoms with Gasteiger partial charge in [-0.05, 0) is 31.5 Å². The highest BCUT2D eigenvalue weighted by atomic mass is 16.5. The second-order valence-corrected chi connectivity index (χ2v) is 3.61. The van der Waals surface area contributed by atoms with E-state index in [4.69, 9.17) is 14.3 Å². The van der Waals surface area contributed by atoms with Crippen LogP contribution in [0.15, 0.2) is 16.5 Å². The molecule has 1 aromatic carbocycles. The molecule has 1 aromatic heterocycles. The van der Waals surface area contributed by atoms with Gasteiger partial charge in [-0.1, -0.05) is 0 Å². The number of carboxylic acid groups (broad SMARTS) is 1. The lowest BCUT2D eigenvalue weighted by Gasteiger charge is -2.04. The van der Waals surface area contributed by atoms with E-state index in [-0.39, 0.29) is 11.3 Å². The fourth-order valence-corrected chi connectivity index (χ4v) is 1.75. The molecule has 84 valence electrons. The number of fused-ring (bicyclic) bond motifs is 1. The fraction of sp³-hybridized carbons (Fsp3) is 0.250. The molecule has 0 aliphatic rings. The molecule has 4 heteroatoms. The average Bonchev–Trinajstić information content (AvgIpc) is 2.54. The lowest BCUT2D eigenvalue weighted by molar-refractivity contribution is 0.0693. The first-order chi connectivity index (χ1) is 7.56. The Morgan fingerprint density at radius 1 is 1.38 bits per heavy atom. The molecule has 0 bridgehead atoms. The minimum atomic E-state index is -1.02. The number of carbonyl (C=O) groups is 1. The predicted molar refractivity (Wildman–Crippen MR) is 59.2 cm³/mol. The number of furan rings is 1. The van der Waals surface area contributed by atoms with E-state index in [1.165, 1.54) is 13.2 Å². The summed E-state index contributed by atoms with van der Waals surface area (Å²) in [7, 11) is 1.44. The number of hydrogen-bond acceptors (Lipinski definition) is 3. The van der Waals surface area contributed by atoms with E-state index < -0.39 is 5.97 Å². The summed E-state index contributed by atoms with van der Waals surface area (Å²) in [6.07, 6.45) is 0. The summed E-state index contributed by atoms with van der Waals surface area (Å²) in [6, 6.07) is 3.28. The van der Waals surface area contributed by atoms with E-state index in [0.29, 0.717) is 5.58 Å². The number of carboxylic acids is 1. The molecule has 0 fully saturated rings. The molecule has 0 aliphatic carbocycles. The van der Waals surface area contributed by atoms with Crippen molar-refractivity contribution in [2.45, 2.75) is 13.8 Å². The van der Waals surface area contributed by atoms with Gasteiger partial charge < -0.3 is 14.3 Å². The van der Waals surface area contributed by atoms with Gasteiger partial charge >= 0.3 is 5.97 Å². The lowest BCUT2D eigenvalue weighted by Crippen LogP contribution is -2.00. The highest BCUT2D eigenvalue weighted by molar-refractivity contribution is 5.99. The summed E-state index contributed by atoms with van der Waals surface area (Å²) in [5, 5.41) is 9.90. The van der Waals surface area contributed by atoms with E-state index in [1.807, 2.05) is 13.8 Å². The summed E-state index contributed by atoms with van der Waals surface area (Å²) in [5.41, 5.74) is 1.62. The first kappa shape index (κ1) is 10.5. The van der Waals surface area contributed by atoms with E-state index in [1.54, 1.807) is 6.07 Å². The SMILES string of the molecule is COc1c(C(=O)O)ccc2c(C)c(C)oc12. The zero-order valence-electron chi connectivity index (χ0n) is 9.33. The van der Waals surface area contributed by atoms with Crippen LogP contribution in [-0.4, -0.2) is 18.2 Å². The minimum absolute atomic E-state index is 0.115. The van der Waals surface area contributed by atoms with Gasteiger partial charge in [0, 0.05) is 5.39 Å². The van der Waals surface area contributed by atoms with Crippen molar-refractivity contribution in [2.24, 2.45) is 0 Å². The topological polar surface area (TPSA) is 59.7 Å². The first-order valence-electron chi connectivity index (χ1n) is 4.86. The predicted octanol–water partition coefficient (Wildman–Crippen LogP) is 2.76. The molecule has 0 unspecified atom stereocenters. The van der Waals surface area contributed by atoms with E-state index in [9.17, 15) is 4.79 Å². The van der Waals surface area contributed by atoms with Crippen LogP contribution in [0.2, 0.25) is 0 Å². The van der Waals surface area contributed by atoms with Crippen LogP contribution in [0.1, 0.15) is 21.7 Å². The third-order valence-corrected chi connectivity index (χ3v) is 2.73. The second kappa shape index (κ2) is 3.56. The van der Waals surface area contributed by atoms with Crippen LogP contribution in [0.5, 0.6) is 5.75 Å². The molecule has 16 heavy (non-hydrogen) atoms. The standard InChI is InChI=1S/C12H12O4/c1-6-7(2)16-11-8(6)4-5-9(12(13)14)10(11)15-3/h4-5H,1-3H3,(H,13,14). The van der Waals surface area contributed by atoms with Crippen LogP contribution in [0.3, 0.4) is 0 Å². The van der Waals surface area contributed by atoms with E-state index in [2.05, 4.69) is 0 Å². The number of ether oxygens (including phenoxy) is 1. The van der Waals surface area contributed by atoms with Crippen LogP contribution < -0.4 is 4.74 Å². The zero-order chi connectivity index (χ0) is 11.9. The van der Waals surface area contributed by atoms with Gasteiger partial charge in [0.15, 0.2) is 11.3 Å². The summed E-state index contributed by atoms with van der Waals surface area (Å²) >= 11 is 0. The van der Waals surface area contributed by atoms with Gasteiger partial charge in [0.25, 0.3) is 0 Å². The molecule has 2 rings (SSSR count). The largest absolute Gasteiger partial charge is 0.492 e. The Balaban J connectivity index is 2.86. The maximum atomic E-state index is 11.0. The molecule has 0 radical (unpaired) electrons. The molecular weight excluding hydrogens is 208 g/mol. The number of rotatable bonds is 2. The van der Waals surface area contributed by atoms with Gasteiger partial charge in [0.05, 0.1) is 7.11 Å². The molecule has 1 heterocycles. The van der Waals surface area contributed by atoms with Gasteiger partial charge in [-0.3, -0.25) is 0 Å². The molecule has 0 spiro atoms. The molecule has 4 nitrogen and oxygen atoms in total. The summed E-state index contributed by atoms with van der Waals surface area (Å²) < 4.78 is 10.6. The molecule has 0 saturated carbocycles. The molecule has 0 aliphatic heterocycles. The van der Waals surface area contributed by atoms with Crippen LogP contribution in [0.4, 0.5) is 0 Å². The van der Waals surface area contributed by atoms with Crippen LogP contribution >= 0.6 is 0 Å². The molecule has 0 saturated heterocycles. The second-order valence-electron chi connectivity index (χ2n) is 3.61. The highest BCUT2D eigenvalue weighted by Gasteiger charge is 2.18. The van der Waals surface area contributed by atoms with Gasteiger partial charge in [-0.15, -0.1) is 0 Å². The third kappa shape index (κ3) is 1.34. The normalized spacial score (nSPS) is 10.7. The van der Waals surface area contributed by atoms with Crippen molar-refractivity contribution in [3.8, 4) is 5.75 Å². The number of methoxy groups -OCH3 is 1. The summed E-state index contributed by atoms with van der Waals surface area (Å²) in [5.74, 6) is 0.0301.